The summed E-state index contributed by atoms with van der Waals surface area (Å²) in [6.45, 7) is 7.62. The fourth-order valence-electron chi connectivity index (χ4n) is 4.88. The Hall–Kier alpha value is -1.85. The smallest absolute Gasteiger partial charge is 0.322 e. The molecular weight excluding hydrogens is 398 g/mol. The first-order valence-corrected chi connectivity index (χ1v) is 11.5. The lowest BCUT2D eigenvalue weighted by atomic mass is 9.73. The van der Waals surface area contributed by atoms with Gasteiger partial charge < -0.3 is 5.32 Å². The number of allylic oxidation sites excluding steroid dienone is 1. The third-order valence-corrected chi connectivity index (χ3v) is 7.39. The molecule has 162 valence electrons. The van der Waals surface area contributed by atoms with Gasteiger partial charge in [0.25, 0.3) is 5.91 Å². The summed E-state index contributed by atoms with van der Waals surface area (Å²) in [6, 6.07) is 7.44. The Balaban J connectivity index is 1.58. The van der Waals surface area contributed by atoms with Crippen molar-refractivity contribution in [1.29, 1.82) is 0 Å². The van der Waals surface area contributed by atoms with E-state index in [0.29, 0.717) is 23.9 Å². The highest BCUT2D eigenvalue weighted by Crippen LogP contribution is 2.39. The normalized spacial score (nSPS) is 26.4. The van der Waals surface area contributed by atoms with Crippen molar-refractivity contribution in [2.75, 3.05) is 26.2 Å². The molecule has 1 atom stereocenters. The number of benzene rings is 1. The Labute approximate surface area is 184 Å². The van der Waals surface area contributed by atoms with Gasteiger partial charge in [0.2, 0.25) is 0 Å². The van der Waals surface area contributed by atoms with E-state index in [1.165, 1.54) is 10.5 Å². The molecule has 1 N–H and O–H groups in total. The van der Waals surface area contributed by atoms with Crippen molar-refractivity contribution in [2.24, 2.45) is 11.8 Å². The number of nitrogens with one attached hydrogen (secondary N) is 1. The molecule has 3 fully saturated rings. The van der Waals surface area contributed by atoms with E-state index in [9.17, 15) is 9.59 Å². The number of likely N-dealkylation sites (tertiary alicyclic amines) is 1. The van der Waals surface area contributed by atoms with Crippen molar-refractivity contribution in [3.05, 3.63) is 46.5 Å². The minimum absolute atomic E-state index is 0.0533. The van der Waals surface area contributed by atoms with Crippen LogP contribution in [0.5, 0.6) is 0 Å². The van der Waals surface area contributed by atoms with E-state index in [-0.39, 0.29) is 17.9 Å². The Morgan fingerprint density at radius 2 is 1.90 bits per heavy atom. The Morgan fingerprint density at radius 3 is 2.53 bits per heavy atom. The topological polar surface area (TPSA) is 52.7 Å². The number of piperidine rings is 1. The van der Waals surface area contributed by atoms with Gasteiger partial charge in [0.1, 0.15) is 5.54 Å². The number of hydrogen-bond acceptors (Lipinski definition) is 3. The summed E-state index contributed by atoms with van der Waals surface area (Å²) in [4.78, 5) is 30.5. The van der Waals surface area contributed by atoms with Gasteiger partial charge in [-0.1, -0.05) is 41.4 Å². The zero-order valence-corrected chi connectivity index (χ0v) is 18.8. The zero-order chi connectivity index (χ0) is 21.3. The standard InChI is InChI=1S/C24H32ClN3O2/c1-3-17(2)15-27-12-10-20(11-13-27)24(14-19-6-4-5-7-21(19)25)22(29)28(23(30)26-24)16-18-8-9-18/h3-7,18,20H,8-16H2,1-2H3,(H,26,30)/b17-3+/t24-/m0/s1. The maximum absolute atomic E-state index is 13.7. The number of hydrogen-bond donors (Lipinski definition) is 1. The third kappa shape index (κ3) is 4.28. The number of imide groups is 1. The fraction of sp³-hybridized carbons (Fsp3) is 0.583. The first-order chi connectivity index (χ1) is 14.4. The number of amides is 3. The average Bonchev–Trinajstić information content (AvgIpc) is 3.53. The van der Waals surface area contributed by atoms with Crippen molar-refractivity contribution >= 4 is 23.5 Å². The van der Waals surface area contributed by atoms with E-state index >= 15 is 0 Å². The van der Waals surface area contributed by atoms with Crippen LogP contribution in [0.15, 0.2) is 35.9 Å². The van der Waals surface area contributed by atoms with Crippen LogP contribution in [0.4, 0.5) is 4.79 Å². The maximum Gasteiger partial charge on any atom is 0.325 e. The molecule has 2 heterocycles. The molecule has 5 nitrogen and oxygen atoms in total. The molecule has 0 bridgehead atoms. The van der Waals surface area contributed by atoms with Crippen LogP contribution in [-0.4, -0.2) is 53.5 Å². The number of carbonyl (C=O) groups excluding carboxylic acids is 2. The highest BCUT2D eigenvalue weighted by atomic mass is 35.5. The lowest BCUT2D eigenvalue weighted by Gasteiger charge is -2.41. The molecule has 1 aromatic rings. The first kappa shape index (κ1) is 21.4. The second-order valence-corrected chi connectivity index (χ2v) is 9.62. The van der Waals surface area contributed by atoms with Crippen molar-refractivity contribution in [3.8, 4) is 0 Å². The van der Waals surface area contributed by atoms with E-state index in [2.05, 4.69) is 30.1 Å². The Kier molecular flexibility index (Phi) is 6.21. The molecule has 0 unspecified atom stereocenters. The molecular formula is C24H32ClN3O2. The molecule has 6 heteroatoms. The first-order valence-electron chi connectivity index (χ1n) is 11.1. The summed E-state index contributed by atoms with van der Waals surface area (Å²) in [6.07, 6.45) is 6.61. The lowest BCUT2D eigenvalue weighted by molar-refractivity contribution is -0.134. The fourth-order valence-corrected chi connectivity index (χ4v) is 5.08. The summed E-state index contributed by atoms with van der Waals surface area (Å²) in [5, 5.41) is 3.81. The van der Waals surface area contributed by atoms with E-state index in [1.807, 2.05) is 24.3 Å². The van der Waals surface area contributed by atoms with Crippen LogP contribution in [-0.2, 0) is 11.2 Å². The predicted molar refractivity (Wildman–Crippen MR) is 119 cm³/mol. The molecule has 1 aromatic carbocycles. The van der Waals surface area contributed by atoms with Gasteiger partial charge in [-0.2, -0.15) is 0 Å². The number of rotatable bonds is 7. The van der Waals surface area contributed by atoms with E-state index < -0.39 is 5.54 Å². The third-order valence-electron chi connectivity index (χ3n) is 7.02. The maximum atomic E-state index is 13.7. The van der Waals surface area contributed by atoms with E-state index in [4.69, 9.17) is 11.6 Å². The van der Waals surface area contributed by atoms with Gasteiger partial charge in [0.05, 0.1) is 0 Å². The van der Waals surface area contributed by atoms with Crippen LogP contribution in [0.1, 0.15) is 45.1 Å². The van der Waals surface area contributed by atoms with Crippen LogP contribution < -0.4 is 5.32 Å². The molecule has 1 aliphatic carbocycles. The average molecular weight is 430 g/mol. The van der Waals surface area contributed by atoms with E-state index in [0.717, 1.165) is 50.9 Å². The summed E-state index contributed by atoms with van der Waals surface area (Å²) in [7, 11) is 0. The second kappa shape index (κ2) is 8.72. The van der Waals surface area contributed by atoms with Gasteiger partial charge in [-0.3, -0.25) is 14.6 Å². The van der Waals surface area contributed by atoms with Gasteiger partial charge in [0, 0.05) is 24.5 Å². The number of urea groups is 1. The molecule has 1 saturated carbocycles. The summed E-state index contributed by atoms with van der Waals surface area (Å²) in [5.74, 6) is 0.528. The number of halogens is 1. The van der Waals surface area contributed by atoms with E-state index in [1.54, 1.807) is 0 Å². The highest BCUT2D eigenvalue weighted by molar-refractivity contribution is 6.31. The molecule has 3 amide bonds. The van der Waals surface area contributed by atoms with Gasteiger partial charge in [-0.15, -0.1) is 0 Å². The van der Waals surface area contributed by atoms with Crippen LogP contribution in [0.25, 0.3) is 0 Å². The molecule has 2 aliphatic heterocycles. The second-order valence-electron chi connectivity index (χ2n) is 9.21. The van der Waals surface area contributed by atoms with Crippen LogP contribution in [0.3, 0.4) is 0 Å². The molecule has 0 radical (unpaired) electrons. The molecule has 30 heavy (non-hydrogen) atoms. The van der Waals surface area contributed by atoms with Crippen molar-refractivity contribution in [2.45, 2.75) is 51.5 Å². The molecule has 0 spiro atoms. The van der Waals surface area contributed by atoms with Crippen LogP contribution in [0, 0.1) is 11.8 Å². The Bertz CT molecular complexity index is 843. The minimum Gasteiger partial charge on any atom is -0.322 e. The Morgan fingerprint density at radius 1 is 1.20 bits per heavy atom. The summed E-state index contributed by atoms with van der Waals surface area (Å²) >= 11 is 6.46. The highest BCUT2D eigenvalue weighted by Gasteiger charge is 2.56. The largest absolute Gasteiger partial charge is 0.325 e. The minimum atomic E-state index is -0.890. The zero-order valence-electron chi connectivity index (χ0n) is 18.0. The van der Waals surface area contributed by atoms with Crippen molar-refractivity contribution < 1.29 is 9.59 Å². The van der Waals surface area contributed by atoms with Crippen LogP contribution >= 0.6 is 11.6 Å². The van der Waals surface area contributed by atoms with Gasteiger partial charge >= 0.3 is 6.03 Å². The summed E-state index contributed by atoms with van der Waals surface area (Å²) in [5.41, 5.74) is 1.40. The summed E-state index contributed by atoms with van der Waals surface area (Å²) < 4.78 is 0. The predicted octanol–water partition coefficient (Wildman–Crippen LogP) is 4.26. The van der Waals surface area contributed by atoms with Crippen molar-refractivity contribution in [1.82, 2.24) is 15.1 Å². The molecule has 0 aromatic heterocycles. The molecule has 4 rings (SSSR count). The quantitative estimate of drug-likeness (QED) is 0.520. The monoisotopic (exact) mass is 429 g/mol. The van der Waals surface area contributed by atoms with Crippen molar-refractivity contribution in [3.63, 3.8) is 0 Å². The van der Waals surface area contributed by atoms with Gasteiger partial charge in [0.15, 0.2) is 0 Å². The molecule has 3 aliphatic rings. The molecule has 2 saturated heterocycles. The lowest BCUT2D eigenvalue weighted by Crippen LogP contribution is -2.57. The van der Waals surface area contributed by atoms with Crippen LogP contribution in [0.2, 0.25) is 5.02 Å². The van der Waals surface area contributed by atoms with Gasteiger partial charge in [-0.05, 0) is 76.1 Å². The number of carbonyl (C=O) groups is 2. The SMILES string of the molecule is C/C=C(\C)CN1CCC([C@]2(Cc3ccccc3Cl)NC(=O)N(CC3CC3)C2=O)CC1. The number of nitrogens with zero attached hydrogens (tertiary/aromatic N) is 2. The van der Waals surface area contributed by atoms with Gasteiger partial charge in [-0.25, -0.2) is 4.79 Å².